The van der Waals surface area contributed by atoms with Crippen LogP contribution in [0.2, 0.25) is 0 Å². The maximum Gasteiger partial charge on any atom is 0.0384 e. The molecule has 0 radical (unpaired) electrons. The molecule has 3 heteroatoms. The van der Waals surface area contributed by atoms with E-state index in [1.165, 1.54) is 27.8 Å². The quantitative estimate of drug-likeness (QED) is 0.463. The van der Waals surface area contributed by atoms with Crippen LogP contribution in [0.25, 0.3) is 0 Å². The number of anilines is 3. The Morgan fingerprint density at radius 3 is 1.72 bits per heavy atom. The molecule has 0 fully saturated rings. The van der Waals surface area contributed by atoms with Crippen LogP contribution >= 0.6 is 0 Å². The van der Waals surface area contributed by atoms with Crippen molar-refractivity contribution in [2.45, 2.75) is 52.4 Å². The van der Waals surface area contributed by atoms with Gasteiger partial charge >= 0.3 is 0 Å². The van der Waals surface area contributed by atoms with Crippen molar-refractivity contribution in [2.24, 2.45) is 0 Å². The monoisotopic (exact) mass is 387 g/mol. The summed E-state index contributed by atoms with van der Waals surface area (Å²) in [6, 6.07) is 18.9. The van der Waals surface area contributed by atoms with Gasteiger partial charge in [0.25, 0.3) is 0 Å². The van der Waals surface area contributed by atoms with Gasteiger partial charge in [-0.3, -0.25) is 0 Å². The van der Waals surface area contributed by atoms with E-state index in [0.29, 0.717) is 11.8 Å². The molecule has 3 rings (SSSR count). The molecule has 0 aliphatic heterocycles. The predicted molar refractivity (Wildman–Crippen MR) is 126 cm³/mol. The van der Waals surface area contributed by atoms with E-state index in [9.17, 15) is 0 Å². The third-order valence-corrected chi connectivity index (χ3v) is 5.54. The lowest BCUT2D eigenvalue weighted by Crippen LogP contribution is -2.06. The zero-order valence-corrected chi connectivity index (χ0v) is 18.0. The molecule has 0 aromatic heterocycles. The summed E-state index contributed by atoms with van der Waals surface area (Å²) in [4.78, 5) is 0. The van der Waals surface area contributed by atoms with Crippen molar-refractivity contribution >= 4 is 17.1 Å². The number of nitrogen functional groups attached to an aromatic ring is 3. The predicted octanol–water partition coefficient (Wildman–Crippen LogP) is 5.86. The van der Waals surface area contributed by atoms with Crippen LogP contribution in [-0.2, 0) is 12.8 Å². The molecule has 0 saturated carbocycles. The molecular weight excluding hydrogens is 354 g/mol. The van der Waals surface area contributed by atoms with Gasteiger partial charge in [0.15, 0.2) is 0 Å². The lowest BCUT2D eigenvalue weighted by atomic mass is 9.88. The standard InChI is InChI=1S/C26H33N3/c1-16(2)23-14-20(15-24(17(3)4)26(23)29)13-21-12-19(7-10-25(21)28)11-18-5-8-22(27)9-6-18/h5-10,12,14-17H,11,13,27-29H2,1-4H3. The van der Waals surface area contributed by atoms with Gasteiger partial charge in [0, 0.05) is 17.1 Å². The second-order valence-electron chi connectivity index (χ2n) is 8.63. The Kier molecular flexibility index (Phi) is 6.17. The van der Waals surface area contributed by atoms with Crippen LogP contribution < -0.4 is 17.2 Å². The van der Waals surface area contributed by atoms with Gasteiger partial charge in [0.2, 0.25) is 0 Å². The summed E-state index contributed by atoms with van der Waals surface area (Å²) in [6.45, 7) is 8.78. The summed E-state index contributed by atoms with van der Waals surface area (Å²) in [6.07, 6.45) is 1.67. The van der Waals surface area contributed by atoms with Crippen molar-refractivity contribution in [2.75, 3.05) is 17.2 Å². The molecule has 0 spiro atoms. The molecule has 3 nitrogen and oxygen atoms in total. The molecule has 0 amide bonds. The van der Waals surface area contributed by atoms with Crippen LogP contribution in [-0.4, -0.2) is 0 Å². The molecule has 0 heterocycles. The van der Waals surface area contributed by atoms with E-state index in [1.807, 2.05) is 18.2 Å². The Labute approximate surface area is 174 Å². The normalized spacial score (nSPS) is 11.4. The van der Waals surface area contributed by atoms with Crippen LogP contribution in [0.15, 0.2) is 54.6 Å². The van der Waals surface area contributed by atoms with E-state index in [2.05, 4.69) is 64.1 Å². The number of nitrogens with two attached hydrogens (primary N) is 3. The number of benzene rings is 3. The van der Waals surface area contributed by atoms with E-state index in [0.717, 1.165) is 35.5 Å². The molecule has 6 N–H and O–H groups in total. The van der Waals surface area contributed by atoms with Gasteiger partial charge in [-0.2, -0.15) is 0 Å². The van der Waals surface area contributed by atoms with Crippen LogP contribution in [0.1, 0.15) is 72.9 Å². The van der Waals surface area contributed by atoms with Gasteiger partial charge < -0.3 is 17.2 Å². The fourth-order valence-electron chi connectivity index (χ4n) is 3.83. The lowest BCUT2D eigenvalue weighted by Gasteiger charge is -2.19. The maximum atomic E-state index is 6.46. The van der Waals surface area contributed by atoms with Crippen molar-refractivity contribution in [3.63, 3.8) is 0 Å². The average Bonchev–Trinajstić information content (AvgIpc) is 2.67. The minimum atomic E-state index is 0.390. The molecule has 0 aliphatic carbocycles. The first-order chi connectivity index (χ1) is 13.7. The highest BCUT2D eigenvalue weighted by Gasteiger charge is 2.14. The van der Waals surface area contributed by atoms with Crippen molar-refractivity contribution < 1.29 is 0 Å². The highest BCUT2D eigenvalue weighted by molar-refractivity contribution is 5.60. The fraction of sp³-hybridized carbons (Fsp3) is 0.308. The molecule has 3 aromatic carbocycles. The number of rotatable bonds is 6. The second-order valence-corrected chi connectivity index (χ2v) is 8.63. The zero-order chi connectivity index (χ0) is 21.1. The summed E-state index contributed by atoms with van der Waals surface area (Å²) in [5.41, 5.74) is 28.5. The van der Waals surface area contributed by atoms with Gasteiger partial charge in [0.05, 0.1) is 0 Å². The molecule has 0 saturated heterocycles. The summed E-state index contributed by atoms with van der Waals surface area (Å²) in [7, 11) is 0. The molecule has 0 atom stereocenters. The number of hydrogen-bond donors (Lipinski definition) is 3. The van der Waals surface area contributed by atoms with E-state index in [4.69, 9.17) is 17.2 Å². The third-order valence-electron chi connectivity index (χ3n) is 5.54. The molecule has 152 valence electrons. The minimum absolute atomic E-state index is 0.390. The Morgan fingerprint density at radius 1 is 0.621 bits per heavy atom. The van der Waals surface area contributed by atoms with Crippen LogP contribution in [0.4, 0.5) is 17.1 Å². The lowest BCUT2D eigenvalue weighted by molar-refractivity contribution is 0.834. The molecule has 29 heavy (non-hydrogen) atoms. The fourth-order valence-corrected chi connectivity index (χ4v) is 3.83. The first-order valence-corrected chi connectivity index (χ1v) is 10.4. The molecular formula is C26H33N3. The van der Waals surface area contributed by atoms with Crippen LogP contribution in [0, 0.1) is 0 Å². The average molecular weight is 388 g/mol. The third kappa shape index (κ3) is 4.92. The maximum absolute atomic E-state index is 6.46. The molecule has 0 bridgehead atoms. The van der Waals surface area contributed by atoms with E-state index in [1.54, 1.807) is 0 Å². The summed E-state index contributed by atoms with van der Waals surface area (Å²) in [5.74, 6) is 0.781. The molecule has 0 aliphatic rings. The molecule has 3 aromatic rings. The van der Waals surface area contributed by atoms with Crippen molar-refractivity contribution in [3.05, 3.63) is 88.0 Å². The smallest absolute Gasteiger partial charge is 0.0384 e. The Bertz CT molecular complexity index is 956. The SMILES string of the molecule is CC(C)c1cc(Cc2cc(Cc3ccc(N)cc3)ccc2N)cc(C(C)C)c1N. The van der Waals surface area contributed by atoms with Crippen molar-refractivity contribution in [3.8, 4) is 0 Å². The summed E-state index contributed by atoms with van der Waals surface area (Å²) >= 11 is 0. The first-order valence-electron chi connectivity index (χ1n) is 10.4. The second kappa shape index (κ2) is 8.60. The van der Waals surface area contributed by atoms with Gasteiger partial charge in [0.1, 0.15) is 0 Å². The van der Waals surface area contributed by atoms with Gasteiger partial charge in [-0.25, -0.2) is 0 Å². The Morgan fingerprint density at radius 2 is 1.17 bits per heavy atom. The molecule has 0 unspecified atom stereocenters. The van der Waals surface area contributed by atoms with Gasteiger partial charge in [-0.15, -0.1) is 0 Å². The van der Waals surface area contributed by atoms with E-state index >= 15 is 0 Å². The largest absolute Gasteiger partial charge is 0.399 e. The summed E-state index contributed by atoms with van der Waals surface area (Å²) < 4.78 is 0. The zero-order valence-electron chi connectivity index (χ0n) is 18.0. The van der Waals surface area contributed by atoms with Crippen molar-refractivity contribution in [1.29, 1.82) is 0 Å². The van der Waals surface area contributed by atoms with Gasteiger partial charge in [-0.1, -0.05) is 64.1 Å². The highest BCUT2D eigenvalue weighted by Crippen LogP contribution is 2.33. The van der Waals surface area contributed by atoms with Crippen molar-refractivity contribution in [1.82, 2.24) is 0 Å². The first kappa shape index (κ1) is 20.8. The highest BCUT2D eigenvalue weighted by atomic mass is 14.6. The Hall–Kier alpha value is -2.94. The van der Waals surface area contributed by atoms with Crippen LogP contribution in [0.3, 0.4) is 0 Å². The van der Waals surface area contributed by atoms with E-state index in [-0.39, 0.29) is 0 Å². The Balaban J connectivity index is 1.92. The van der Waals surface area contributed by atoms with E-state index < -0.39 is 0 Å². The topological polar surface area (TPSA) is 78.1 Å². The minimum Gasteiger partial charge on any atom is -0.399 e. The van der Waals surface area contributed by atoms with Gasteiger partial charge in [-0.05, 0) is 76.3 Å². The van der Waals surface area contributed by atoms with Crippen LogP contribution in [0.5, 0.6) is 0 Å². The summed E-state index contributed by atoms with van der Waals surface area (Å²) in [5, 5.41) is 0. The number of hydrogen-bond acceptors (Lipinski definition) is 3.